The molecule has 0 N–H and O–H groups in total. The van der Waals surface area contributed by atoms with Crippen LogP contribution in [-0.4, -0.2) is 21.3 Å². The second-order valence-electron chi connectivity index (χ2n) is 0.914. The van der Waals surface area contributed by atoms with Gasteiger partial charge in [0.15, 0.2) is 0 Å². The summed E-state index contributed by atoms with van der Waals surface area (Å²) in [6.07, 6.45) is 0. The molecule has 0 spiro atoms. The summed E-state index contributed by atoms with van der Waals surface area (Å²) in [5.74, 6) is -0.184. The first-order valence-corrected chi connectivity index (χ1v) is 3.15. The van der Waals surface area contributed by atoms with E-state index in [9.17, 15) is 8.76 Å². The van der Waals surface area contributed by atoms with Gasteiger partial charge in [-0.3, -0.25) is 4.21 Å². The van der Waals surface area contributed by atoms with Crippen LogP contribution in [0.5, 0.6) is 0 Å². The van der Waals surface area contributed by atoms with Gasteiger partial charge in [-0.05, 0) is 18.0 Å². The zero-order valence-corrected chi connectivity index (χ0v) is 4.86. The van der Waals surface area contributed by atoms with Crippen LogP contribution in [0, 0.1) is 0 Å². The fraction of sp³-hybridized carbons (Fsp3) is 1.00. The van der Waals surface area contributed by atoms with Gasteiger partial charge in [-0.2, -0.15) is 0 Å². The Kier molecular flexibility index (Phi) is 4.28. The Morgan fingerprint density at radius 1 is 1.86 bits per heavy atom. The van der Waals surface area contributed by atoms with Gasteiger partial charge in [0, 0.05) is 6.61 Å². The van der Waals surface area contributed by atoms with E-state index >= 15 is 0 Å². The summed E-state index contributed by atoms with van der Waals surface area (Å²) in [5, 5.41) is 0. The zero-order valence-electron chi connectivity index (χ0n) is 4.05. The molecule has 0 fully saturated rings. The molecular weight excluding hydrogens is 116 g/mol. The average molecular weight is 123 g/mol. The fourth-order valence-electron chi connectivity index (χ4n) is 0.151. The van der Waals surface area contributed by atoms with Crippen LogP contribution in [0.25, 0.3) is 0 Å². The Morgan fingerprint density at radius 2 is 2.43 bits per heavy atom. The second kappa shape index (κ2) is 4.23. The minimum atomic E-state index is -2.04. The molecule has 0 aromatic carbocycles. The predicted molar refractivity (Wildman–Crippen MR) is 25.4 cm³/mol. The molecule has 0 aliphatic carbocycles. The number of hydrogen-bond acceptors (Lipinski definition) is 3. The van der Waals surface area contributed by atoms with Crippen LogP contribution in [0.4, 0.5) is 0 Å². The lowest BCUT2D eigenvalue weighted by Crippen LogP contribution is -1.99. The highest BCUT2D eigenvalue weighted by Crippen LogP contribution is 1.74. The molecule has 0 aliphatic rings. The molecule has 0 aromatic rings. The van der Waals surface area contributed by atoms with E-state index < -0.39 is 11.1 Å². The molecule has 0 bridgehead atoms. The van der Waals surface area contributed by atoms with Crippen molar-refractivity contribution in [2.45, 2.75) is 6.92 Å². The first-order chi connectivity index (χ1) is 3.27. The SMILES string of the molecule is CCOCS(=O)[O-]. The monoisotopic (exact) mass is 123 g/mol. The molecule has 1 unspecified atom stereocenters. The van der Waals surface area contributed by atoms with Crippen molar-refractivity contribution in [3.05, 3.63) is 0 Å². The molecule has 44 valence electrons. The van der Waals surface area contributed by atoms with E-state index in [1.165, 1.54) is 0 Å². The van der Waals surface area contributed by atoms with Gasteiger partial charge in [-0.1, -0.05) is 0 Å². The maximum Gasteiger partial charge on any atom is 0.108 e. The topological polar surface area (TPSA) is 49.4 Å². The van der Waals surface area contributed by atoms with Crippen LogP contribution in [0.2, 0.25) is 0 Å². The van der Waals surface area contributed by atoms with Crippen LogP contribution in [0.3, 0.4) is 0 Å². The smallest absolute Gasteiger partial charge is 0.108 e. The van der Waals surface area contributed by atoms with Gasteiger partial charge < -0.3 is 9.29 Å². The van der Waals surface area contributed by atoms with Crippen LogP contribution < -0.4 is 0 Å². The molecule has 0 saturated carbocycles. The lowest BCUT2D eigenvalue weighted by atomic mass is 10.9. The lowest BCUT2D eigenvalue weighted by molar-refractivity contribution is 0.190. The predicted octanol–water partition coefficient (Wildman–Crippen LogP) is -0.141. The summed E-state index contributed by atoms with van der Waals surface area (Å²) in [5.41, 5.74) is 0. The molecular formula is C3H7O3S-. The molecule has 0 heterocycles. The van der Waals surface area contributed by atoms with Gasteiger partial charge in [0.1, 0.15) is 5.94 Å². The van der Waals surface area contributed by atoms with Crippen molar-refractivity contribution in [1.82, 2.24) is 0 Å². The summed E-state index contributed by atoms with van der Waals surface area (Å²) < 4.78 is 23.7. The Hall–Kier alpha value is 0.0700. The van der Waals surface area contributed by atoms with Crippen molar-refractivity contribution < 1.29 is 13.5 Å². The highest BCUT2D eigenvalue weighted by atomic mass is 32.2. The van der Waals surface area contributed by atoms with E-state index in [0.29, 0.717) is 6.61 Å². The molecule has 1 atom stereocenters. The van der Waals surface area contributed by atoms with Crippen molar-refractivity contribution in [2.75, 3.05) is 12.5 Å². The van der Waals surface area contributed by atoms with Crippen molar-refractivity contribution in [3.63, 3.8) is 0 Å². The minimum absolute atomic E-state index is 0.184. The van der Waals surface area contributed by atoms with Crippen molar-refractivity contribution in [3.8, 4) is 0 Å². The third-order valence-electron chi connectivity index (χ3n) is 0.384. The van der Waals surface area contributed by atoms with Crippen molar-refractivity contribution in [2.24, 2.45) is 0 Å². The molecule has 0 aliphatic heterocycles. The van der Waals surface area contributed by atoms with E-state index in [0.717, 1.165) is 0 Å². The van der Waals surface area contributed by atoms with Gasteiger partial charge in [0.05, 0.1) is 0 Å². The summed E-state index contributed by atoms with van der Waals surface area (Å²) in [7, 11) is 0. The van der Waals surface area contributed by atoms with E-state index in [1.54, 1.807) is 6.92 Å². The lowest BCUT2D eigenvalue weighted by Gasteiger charge is -2.01. The van der Waals surface area contributed by atoms with Crippen molar-refractivity contribution in [1.29, 1.82) is 0 Å². The highest BCUT2D eigenvalue weighted by Gasteiger charge is 1.77. The largest absolute Gasteiger partial charge is 0.771 e. The molecule has 0 amide bonds. The second-order valence-corrected chi connectivity index (χ2v) is 1.76. The first-order valence-electron chi connectivity index (χ1n) is 1.91. The molecule has 0 saturated heterocycles. The Bertz CT molecular complexity index is 63.2. The summed E-state index contributed by atoms with van der Waals surface area (Å²) >= 11 is -2.04. The van der Waals surface area contributed by atoms with E-state index in [-0.39, 0.29) is 5.94 Å². The van der Waals surface area contributed by atoms with E-state index in [1.807, 2.05) is 0 Å². The quantitative estimate of drug-likeness (QED) is 0.491. The zero-order chi connectivity index (χ0) is 5.70. The Labute approximate surface area is 45.0 Å². The standard InChI is InChI=1S/C3H8O3S/c1-2-6-3-7(4)5/h2-3H2,1H3,(H,4,5)/p-1. The van der Waals surface area contributed by atoms with Crippen LogP contribution in [0.15, 0.2) is 0 Å². The molecule has 0 aromatic heterocycles. The molecule has 7 heavy (non-hydrogen) atoms. The van der Waals surface area contributed by atoms with E-state index in [2.05, 4.69) is 4.74 Å². The Balaban J connectivity index is 2.82. The van der Waals surface area contributed by atoms with Crippen LogP contribution >= 0.6 is 0 Å². The number of rotatable bonds is 3. The highest BCUT2D eigenvalue weighted by molar-refractivity contribution is 7.78. The summed E-state index contributed by atoms with van der Waals surface area (Å²) in [4.78, 5) is 0. The van der Waals surface area contributed by atoms with Crippen LogP contribution in [-0.2, 0) is 15.8 Å². The van der Waals surface area contributed by atoms with Crippen molar-refractivity contribution >= 4 is 11.1 Å². The molecule has 0 radical (unpaired) electrons. The van der Waals surface area contributed by atoms with E-state index in [4.69, 9.17) is 0 Å². The maximum atomic E-state index is 9.63. The third kappa shape index (κ3) is 6.07. The third-order valence-corrected chi connectivity index (χ3v) is 0.743. The minimum Gasteiger partial charge on any atom is -0.771 e. The first kappa shape index (κ1) is 7.07. The van der Waals surface area contributed by atoms with Gasteiger partial charge >= 0.3 is 0 Å². The number of hydrogen-bond donors (Lipinski definition) is 0. The van der Waals surface area contributed by atoms with Gasteiger partial charge in [0.2, 0.25) is 0 Å². The van der Waals surface area contributed by atoms with Gasteiger partial charge in [-0.25, -0.2) is 0 Å². The average Bonchev–Trinajstić information content (AvgIpc) is 1.61. The normalized spacial score (nSPS) is 14.0. The number of ether oxygens (including phenoxy) is 1. The summed E-state index contributed by atoms with van der Waals surface area (Å²) in [6, 6.07) is 0. The summed E-state index contributed by atoms with van der Waals surface area (Å²) in [6.45, 7) is 2.20. The molecule has 0 rings (SSSR count). The van der Waals surface area contributed by atoms with Gasteiger partial charge in [-0.15, -0.1) is 0 Å². The van der Waals surface area contributed by atoms with Crippen LogP contribution in [0.1, 0.15) is 6.92 Å². The Morgan fingerprint density at radius 3 is 2.57 bits per heavy atom. The molecule has 4 heteroatoms. The molecule has 3 nitrogen and oxygen atoms in total. The fourth-order valence-corrected chi connectivity index (χ4v) is 0.454. The van der Waals surface area contributed by atoms with Gasteiger partial charge in [0.25, 0.3) is 0 Å². The maximum absolute atomic E-state index is 9.63.